The monoisotopic (exact) mass is 317 g/mol. The van der Waals surface area contributed by atoms with E-state index in [1.165, 1.54) is 18.8 Å². The minimum absolute atomic E-state index is 0.720. The molecule has 0 saturated heterocycles. The van der Waals surface area contributed by atoms with Crippen molar-refractivity contribution in [2.45, 2.75) is 25.4 Å². The number of rotatable bonds is 6. The SMILES string of the molecule is Cc1cc(CS)ccc1O[B]Oc1ccc(CS)cc1C. The molecule has 109 valence electrons. The Labute approximate surface area is 138 Å². The fourth-order valence-corrected chi connectivity index (χ4v) is 2.41. The molecule has 0 atom stereocenters. The molecule has 0 unspecified atom stereocenters. The van der Waals surface area contributed by atoms with Gasteiger partial charge in [0.25, 0.3) is 0 Å². The first-order chi connectivity index (χ1) is 10.1. The van der Waals surface area contributed by atoms with Crippen molar-refractivity contribution in [3.63, 3.8) is 0 Å². The Balaban J connectivity index is 1.95. The predicted octanol–water partition coefficient (Wildman–Crippen LogP) is 4.16. The third kappa shape index (κ3) is 4.38. The molecule has 0 amide bonds. The standard InChI is InChI=1S/C16H18BO2S2/c1-11-7-13(9-20)3-5-15(11)18-17-19-16-6-4-14(10-21)8-12(16)2/h3-8,20-21H,9-10H2,1-2H3. The summed E-state index contributed by atoms with van der Waals surface area (Å²) < 4.78 is 11.1. The van der Waals surface area contributed by atoms with Crippen molar-refractivity contribution in [1.82, 2.24) is 0 Å². The zero-order chi connectivity index (χ0) is 15.2. The second kappa shape index (κ2) is 7.71. The summed E-state index contributed by atoms with van der Waals surface area (Å²) in [7, 11) is 1.37. The first kappa shape index (κ1) is 16.2. The largest absolute Gasteiger partial charge is 0.658 e. The summed E-state index contributed by atoms with van der Waals surface area (Å²) >= 11 is 8.52. The van der Waals surface area contributed by atoms with Gasteiger partial charge < -0.3 is 9.31 Å². The molecule has 1 radical (unpaired) electrons. The van der Waals surface area contributed by atoms with Gasteiger partial charge in [-0.25, -0.2) is 0 Å². The third-order valence-electron chi connectivity index (χ3n) is 3.19. The van der Waals surface area contributed by atoms with Crippen LogP contribution < -0.4 is 9.31 Å². The fourth-order valence-electron chi connectivity index (χ4n) is 2.01. The van der Waals surface area contributed by atoms with E-state index in [1.54, 1.807) is 0 Å². The Kier molecular flexibility index (Phi) is 5.94. The maximum absolute atomic E-state index is 5.56. The van der Waals surface area contributed by atoms with E-state index in [-0.39, 0.29) is 0 Å². The molecule has 0 aromatic heterocycles. The second-order valence-electron chi connectivity index (χ2n) is 4.85. The normalized spacial score (nSPS) is 10.3. The zero-order valence-electron chi connectivity index (χ0n) is 12.2. The number of thiol groups is 2. The smallest absolute Gasteiger partial charge is 0.526 e. The van der Waals surface area contributed by atoms with Crippen molar-refractivity contribution >= 4 is 32.9 Å². The zero-order valence-corrected chi connectivity index (χ0v) is 14.0. The van der Waals surface area contributed by atoms with Gasteiger partial charge in [0.15, 0.2) is 0 Å². The Hall–Kier alpha value is -1.20. The summed E-state index contributed by atoms with van der Waals surface area (Å²) in [4.78, 5) is 0. The molecule has 0 bridgehead atoms. The average Bonchev–Trinajstić information content (AvgIpc) is 2.50. The molecule has 0 spiro atoms. The van der Waals surface area contributed by atoms with Gasteiger partial charge >= 0.3 is 7.69 Å². The van der Waals surface area contributed by atoms with Crippen LogP contribution in [0.3, 0.4) is 0 Å². The van der Waals surface area contributed by atoms with Crippen molar-refractivity contribution in [2.75, 3.05) is 0 Å². The lowest BCUT2D eigenvalue weighted by molar-refractivity contribution is 0.455. The van der Waals surface area contributed by atoms with E-state index < -0.39 is 0 Å². The highest BCUT2D eigenvalue weighted by Crippen LogP contribution is 2.22. The Morgan fingerprint density at radius 3 is 1.57 bits per heavy atom. The van der Waals surface area contributed by atoms with Crippen molar-refractivity contribution in [3.05, 3.63) is 58.7 Å². The van der Waals surface area contributed by atoms with E-state index in [2.05, 4.69) is 37.4 Å². The van der Waals surface area contributed by atoms with Gasteiger partial charge in [-0.1, -0.05) is 24.3 Å². The first-order valence-electron chi connectivity index (χ1n) is 6.70. The molecule has 0 saturated carbocycles. The predicted molar refractivity (Wildman–Crippen MR) is 94.7 cm³/mol. The van der Waals surface area contributed by atoms with Crippen LogP contribution in [0, 0.1) is 13.8 Å². The number of aryl methyl sites for hydroxylation is 2. The molecule has 0 heterocycles. The molecular weight excluding hydrogens is 299 g/mol. The van der Waals surface area contributed by atoms with E-state index >= 15 is 0 Å². The van der Waals surface area contributed by atoms with Crippen molar-refractivity contribution in [1.29, 1.82) is 0 Å². The van der Waals surface area contributed by atoms with Crippen LogP contribution in [0.4, 0.5) is 0 Å². The highest BCUT2D eigenvalue weighted by atomic mass is 32.1. The molecule has 0 fully saturated rings. The molecule has 0 N–H and O–H groups in total. The maximum atomic E-state index is 5.56. The summed E-state index contributed by atoms with van der Waals surface area (Å²) in [5.74, 6) is 3.01. The van der Waals surface area contributed by atoms with Gasteiger partial charge in [-0.3, -0.25) is 0 Å². The second-order valence-corrected chi connectivity index (χ2v) is 5.48. The minimum Gasteiger partial charge on any atom is -0.526 e. The Morgan fingerprint density at radius 1 is 0.810 bits per heavy atom. The number of hydrogen-bond donors (Lipinski definition) is 2. The van der Waals surface area contributed by atoms with Crippen LogP contribution in [0.25, 0.3) is 0 Å². The van der Waals surface area contributed by atoms with Gasteiger partial charge in [0, 0.05) is 11.5 Å². The molecular formula is C16H18BO2S2. The highest BCUT2D eigenvalue weighted by molar-refractivity contribution is 7.79. The van der Waals surface area contributed by atoms with Gasteiger partial charge in [-0.05, 0) is 48.2 Å². The molecule has 0 aliphatic rings. The summed E-state index contributed by atoms with van der Waals surface area (Å²) in [5.41, 5.74) is 4.46. The Bertz CT molecular complexity index is 564. The maximum Gasteiger partial charge on any atom is 0.658 e. The van der Waals surface area contributed by atoms with Gasteiger partial charge in [-0.15, -0.1) is 0 Å². The van der Waals surface area contributed by atoms with Crippen LogP contribution in [0.5, 0.6) is 11.5 Å². The van der Waals surface area contributed by atoms with Crippen LogP contribution >= 0.6 is 25.3 Å². The minimum atomic E-state index is 0.720. The van der Waals surface area contributed by atoms with Crippen molar-refractivity contribution < 1.29 is 9.31 Å². The molecule has 21 heavy (non-hydrogen) atoms. The van der Waals surface area contributed by atoms with Crippen LogP contribution in [-0.2, 0) is 11.5 Å². The molecule has 5 heteroatoms. The summed E-state index contributed by atoms with van der Waals surface area (Å²) in [5, 5.41) is 0. The lowest BCUT2D eigenvalue weighted by Gasteiger charge is -2.12. The van der Waals surface area contributed by atoms with Crippen molar-refractivity contribution in [2.24, 2.45) is 0 Å². The van der Waals surface area contributed by atoms with Gasteiger partial charge in [-0.2, -0.15) is 25.3 Å². The summed E-state index contributed by atoms with van der Waals surface area (Å²) in [6.07, 6.45) is 0. The van der Waals surface area contributed by atoms with E-state index in [1.807, 2.05) is 38.1 Å². The van der Waals surface area contributed by atoms with Gasteiger partial charge in [0.1, 0.15) is 11.5 Å². The number of hydrogen-bond acceptors (Lipinski definition) is 4. The molecule has 2 aromatic rings. The Morgan fingerprint density at radius 2 is 1.24 bits per heavy atom. The third-order valence-corrected chi connectivity index (χ3v) is 3.92. The van der Waals surface area contributed by atoms with E-state index in [0.717, 1.165) is 34.1 Å². The van der Waals surface area contributed by atoms with Crippen LogP contribution in [0.2, 0.25) is 0 Å². The van der Waals surface area contributed by atoms with Gasteiger partial charge in [0.2, 0.25) is 0 Å². The van der Waals surface area contributed by atoms with E-state index in [9.17, 15) is 0 Å². The van der Waals surface area contributed by atoms with Crippen molar-refractivity contribution in [3.8, 4) is 11.5 Å². The molecule has 2 aromatic carbocycles. The highest BCUT2D eigenvalue weighted by Gasteiger charge is 2.07. The van der Waals surface area contributed by atoms with E-state index in [4.69, 9.17) is 9.31 Å². The molecule has 0 aliphatic carbocycles. The lowest BCUT2D eigenvalue weighted by Crippen LogP contribution is -2.12. The fraction of sp³-hybridized carbons (Fsp3) is 0.250. The number of benzene rings is 2. The van der Waals surface area contributed by atoms with E-state index in [0.29, 0.717) is 0 Å². The average molecular weight is 317 g/mol. The molecule has 0 aliphatic heterocycles. The quantitative estimate of drug-likeness (QED) is 0.616. The summed E-state index contributed by atoms with van der Waals surface area (Å²) in [6, 6.07) is 12.0. The van der Waals surface area contributed by atoms with Crippen LogP contribution in [-0.4, -0.2) is 7.69 Å². The van der Waals surface area contributed by atoms with Gasteiger partial charge in [0.05, 0.1) is 0 Å². The lowest BCUT2D eigenvalue weighted by atomic mass is 10.1. The first-order valence-corrected chi connectivity index (χ1v) is 7.96. The van der Waals surface area contributed by atoms with Crippen LogP contribution in [0.15, 0.2) is 36.4 Å². The molecule has 2 nitrogen and oxygen atoms in total. The van der Waals surface area contributed by atoms with Crippen LogP contribution in [0.1, 0.15) is 22.3 Å². The summed E-state index contributed by atoms with van der Waals surface area (Å²) in [6.45, 7) is 4.01. The molecule has 2 rings (SSSR count). The topological polar surface area (TPSA) is 18.5 Å².